The molecule has 0 aliphatic heterocycles. The Kier molecular flexibility index (Phi) is 6.13. The first-order chi connectivity index (χ1) is 12.1. The van der Waals surface area contributed by atoms with Gasteiger partial charge in [-0.15, -0.1) is 0 Å². The van der Waals surface area contributed by atoms with Crippen molar-refractivity contribution in [3.05, 3.63) is 52.8 Å². The third-order valence-corrected chi connectivity index (χ3v) is 4.09. The van der Waals surface area contributed by atoms with Gasteiger partial charge in [-0.3, -0.25) is 0 Å². The Morgan fingerprint density at radius 2 is 1.73 bits per heavy atom. The number of alkyl halides is 3. The minimum absolute atomic E-state index is 0.305. The lowest BCUT2D eigenvalue weighted by Gasteiger charge is -2.24. The summed E-state index contributed by atoms with van der Waals surface area (Å²) in [7, 11) is 3.12. The van der Waals surface area contributed by atoms with Gasteiger partial charge in [0, 0.05) is 37.4 Å². The normalized spacial score (nSPS) is 11.8. The van der Waals surface area contributed by atoms with E-state index < -0.39 is 17.6 Å². The zero-order valence-electron chi connectivity index (χ0n) is 14.5. The fourth-order valence-corrected chi connectivity index (χ4v) is 2.33. The first kappa shape index (κ1) is 20.0. The van der Waals surface area contributed by atoms with E-state index in [0.717, 1.165) is 12.1 Å². The molecule has 0 fully saturated rings. The van der Waals surface area contributed by atoms with Crippen LogP contribution in [0.2, 0.25) is 5.02 Å². The van der Waals surface area contributed by atoms with Crippen molar-refractivity contribution >= 4 is 35.0 Å². The Bertz CT molecular complexity index is 788. The molecule has 2 aromatic rings. The highest BCUT2D eigenvalue weighted by Crippen LogP contribution is 2.41. The van der Waals surface area contributed by atoms with Crippen molar-refractivity contribution in [3.8, 4) is 0 Å². The maximum atomic E-state index is 14.4. The van der Waals surface area contributed by atoms with Gasteiger partial charge >= 0.3 is 6.18 Å². The molecule has 140 valence electrons. The van der Waals surface area contributed by atoms with Gasteiger partial charge in [-0.05, 0) is 37.3 Å². The summed E-state index contributed by atoms with van der Waals surface area (Å²) >= 11 is 5.81. The van der Waals surface area contributed by atoms with E-state index in [2.05, 4.69) is 4.99 Å². The number of anilines is 2. The van der Waals surface area contributed by atoms with Crippen LogP contribution in [-0.2, 0) is 6.18 Å². The van der Waals surface area contributed by atoms with Crippen LogP contribution in [0.25, 0.3) is 0 Å². The third-order valence-electron chi connectivity index (χ3n) is 3.84. The molecule has 26 heavy (non-hydrogen) atoms. The maximum Gasteiger partial charge on any atom is 0.418 e. The quantitative estimate of drug-likeness (QED) is 0.362. The summed E-state index contributed by atoms with van der Waals surface area (Å²) in [6.07, 6.45) is -3.37. The lowest BCUT2D eigenvalue weighted by molar-refractivity contribution is -0.137. The van der Waals surface area contributed by atoms with E-state index in [9.17, 15) is 17.6 Å². The Labute approximate surface area is 154 Å². The molecule has 0 aliphatic carbocycles. The predicted octanol–water partition coefficient (Wildman–Crippen LogP) is 5.88. The number of hydrogen-bond donors (Lipinski definition) is 0. The molecule has 0 aliphatic rings. The minimum atomic E-state index is -4.66. The third kappa shape index (κ3) is 4.66. The van der Waals surface area contributed by atoms with Crippen molar-refractivity contribution < 1.29 is 17.6 Å². The largest absolute Gasteiger partial charge is 0.418 e. The Balaban J connectivity index is 2.53. The average molecular weight is 388 g/mol. The molecule has 0 heterocycles. The lowest BCUT2D eigenvalue weighted by Crippen LogP contribution is -2.17. The van der Waals surface area contributed by atoms with Gasteiger partial charge in [0.1, 0.15) is 5.69 Å². The molecule has 0 radical (unpaired) electrons. The van der Waals surface area contributed by atoms with Crippen LogP contribution in [0.5, 0.6) is 0 Å². The van der Waals surface area contributed by atoms with Crippen molar-refractivity contribution in [2.75, 3.05) is 25.5 Å². The summed E-state index contributed by atoms with van der Waals surface area (Å²) in [4.78, 5) is 6.71. The molecule has 0 spiro atoms. The summed E-state index contributed by atoms with van der Waals surface area (Å²) in [5, 5.41) is 0.453. The van der Waals surface area contributed by atoms with Crippen LogP contribution in [-0.4, -0.2) is 31.9 Å². The molecular formula is C18H18ClF4N3. The van der Waals surface area contributed by atoms with E-state index >= 15 is 0 Å². The topological polar surface area (TPSA) is 18.8 Å². The fourth-order valence-electron chi connectivity index (χ4n) is 2.20. The number of nitrogens with zero attached hydrogens (tertiary/aromatic N) is 3. The maximum absolute atomic E-state index is 14.4. The molecule has 0 atom stereocenters. The van der Waals surface area contributed by atoms with Crippen LogP contribution >= 0.6 is 11.6 Å². The molecular weight excluding hydrogens is 370 g/mol. The van der Waals surface area contributed by atoms with Gasteiger partial charge in [-0.1, -0.05) is 11.6 Å². The van der Waals surface area contributed by atoms with Crippen LogP contribution in [0.15, 0.2) is 41.4 Å². The summed E-state index contributed by atoms with van der Waals surface area (Å²) < 4.78 is 55.0. The average Bonchev–Trinajstić information content (AvgIpc) is 2.59. The van der Waals surface area contributed by atoms with E-state index in [1.165, 1.54) is 18.3 Å². The summed E-state index contributed by atoms with van der Waals surface area (Å²) in [6.45, 7) is 2.43. The highest BCUT2D eigenvalue weighted by atomic mass is 35.5. The molecule has 0 amide bonds. The number of rotatable bonds is 5. The fraction of sp³-hybridized carbons (Fsp3) is 0.278. The van der Waals surface area contributed by atoms with Crippen LogP contribution in [0.3, 0.4) is 0 Å². The SMILES string of the molecule is CCN(C)/C=N\c1cc(C(F)(F)F)c(N(C)c2ccc(Cl)cc2)cc1F. The molecule has 0 saturated carbocycles. The van der Waals surface area contributed by atoms with Gasteiger partial charge in [0.15, 0.2) is 5.82 Å². The van der Waals surface area contributed by atoms with Crippen LogP contribution in [0.1, 0.15) is 12.5 Å². The molecule has 8 heteroatoms. The van der Waals surface area contributed by atoms with Gasteiger partial charge in [-0.25, -0.2) is 9.38 Å². The molecule has 3 nitrogen and oxygen atoms in total. The second-order valence-corrected chi connectivity index (χ2v) is 6.11. The molecule has 0 N–H and O–H groups in total. The van der Waals surface area contributed by atoms with Gasteiger partial charge in [0.2, 0.25) is 0 Å². The monoisotopic (exact) mass is 387 g/mol. The smallest absolute Gasteiger partial charge is 0.366 e. The minimum Gasteiger partial charge on any atom is -0.366 e. The van der Waals surface area contributed by atoms with Crippen molar-refractivity contribution in [1.82, 2.24) is 4.90 Å². The van der Waals surface area contributed by atoms with Crippen molar-refractivity contribution in [2.45, 2.75) is 13.1 Å². The van der Waals surface area contributed by atoms with Crippen LogP contribution in [0, 0.1) is 5.82 Å². The van der Waals surface area contributed by atoms with E-state index in [-0.39, 0.29) is 11.4 Å². The standard InChI is InChI=1S/C18H18ClF4N3/c1-4-25(2)11-24-16-9-14(18(21,22)23)17(10-15(16)20)26(3)13-7-5-12(19)6-8-13/h5-11H,4H2,1-3H3/b24-11-. The van der Waals surface area contributed by atoms with Gasteiger partial charge in [0.05, 0.1) is 17.6 Å². The Morgan fingerprint density at radius 3 is 2.27 bits per heavy atom. The zero-order chi connectivity index (χ0) is 19.5. The second kappa shape index (κ2) is 7.95. The molecule has 0 bridgehead atoms. The summed E-state index contributed by atoms with van der Waals surface area (Å²) in [5.41, 5.74) is -1.20. The molecule has 0 unspecified atom stereocenters. The van der Waals surface area contributed by atoms with Crippen LogP contribution < -0.4 is 4.90 Å². The van der Waals surface area contributed by atoms with E-state index in [1.54, 1.807) is 36.2 Å². The Hall–Kier alpha value is -2.28. The molecule has 2 aromatic carbocycles. The summed E-state index contributed by atoms with van der Waals surface area (Å²) in [5.74, 6) is -0.838. The van der Waals surface area contributed by atoms with Gasteiger partial charge < -0.3 is 9.80 Å². The number of hydrogen-bond acceptors (Lipinski definition) is 2. The Morgan fingerprint density at radius 1 is 1.12 bits per heavy atom. The first-order valence-electron chi connectivity index (χ1n) is 7.78. The zero-order valence-corrected chi connectivity index (χ0v) is 15.2. The second-order valence-electron chi connectivity index (χ2n) is 5.67. The highest BCUT2D eigenvalue weighted by Gasteiger charge is 2.36. The molecule has 2 rings (SSSR count). The van der Waals surface area contributed by atoms with Crippen LogP contribution in [0.4, 0.5) is 34.6 Å². The van der Waals surface area contributed by atoms with Crippen molar-refractivity contribution in [1.29, 1.82) is 0 Å². The van der Waals surface area contributed by atoms with Crippen molar-refractivity contribution in [2.24, 2.45) is 4.99 Å². The number of halogens is 5. The highest BCUT2D eigenvalue weighted by molar-refractivity contribution is 6.30. The first-order valence-corrected chi connectivity index (χ1v) is 8.15. The van der Waals surface area contributed by atoms with Crippen molar-refractivity contribution in [3.63, 3.8) is 0 Å². The lowest BCUT2D eigenvalue weighted by atomic mass is 10.1. The molecule has 0 aromatic heterocycles. The van der Waals surface area contributed by atoms with Gasteiger partial charge in [0.25, 0.3) is 0 Å². The predicted molar refractivity (Wildman–Crippen MR) is 97.4 cm³/mol. The summed E-state index contributed by atoms with van der Waals surface area (Å²) in [6, 6.07) is 7.78. The van der Waals surface area contributed by atoms with Gasteiger partial charge in [-0.2, -0.15) is 13.2 Å². The molecule has 0 saturated heterocycles. The van der Waals surface area contributed by atoms with E-state index in [4.69, 9.17) is 11.6 Å². The number of benzene rings is 2. The van der Waals surface area contributed by atoms with E-state index in [1.807, 2.05) is 6.92 Å². The number of aliphatic imine (C=N–C) groups is 1. The van der Waals surface area contributed by atoms with E-state index in [0.29, 0.717) is 17.3 Å².